The number of hydrogen-bond donors (Lipinski definition) is 1. The maximum atomic E-state index is 12.6. The number of anilines is 1. The zero-order chi connectivity index (χ0) is 20.1. The van der Waals surface area contributed by atoms with E-state index in [0.29, 0.717) is 36.8 Å². The number of nitrogens with one attached hydrogen (secondary N) is 1. The van der Waals surface area contributed by atoms with E-state index >= 15 is 0 Å². The summed E-state index contributed by atoms with van der Waals surface area (Å²) in [6.45, 7) is 1.15. The number of rotatable bonds is 6. The average Bonchev–Trinajstić information content (AvgIpc) is 3.45. The number of ether oxygens (including phenoxy) is 1. The van der Waals surface area contributed by atoms with E-state index in [1.165, 1.54) is 11.3 Å². The van der Waals surface area contributed by atoms with Crippen LogP contribution >= 0.6 is 22.7 Å². The Balaban J connectivity index is 1.24. The number of para-hydroxylation sites is 1. The van der Waals surface area contributed by atoms with E-state index in [0.717, 1.165) is 10.6 Å². The Bertz CT molecular complexity index is 949. The number of amides is 2. The van der Waals surface area contributed by atoms with Gasteiger partial charge in [0.25, 0.3) is 5.91 Å². The molecule has 1 N–H and O–H groups in total. The van der Waals surface area contributed by atoms with Crippen molar-refractivity contribution in [3.8, 4) is 16.3 Å². The third-order valence-corrected chi connectivity index (χ3v) is 6.48. The number of aromatic nitrogens is 1. The summed E-state index contributed by atoms with van der Waals surface area (Å²) in [6.07, 6.45) is 1.29. The molecule has 1 aliphatic heterocycles. The van der Waals surface area contributed by atoms with Gasteiger partial charge in [0.2, 0.25) is 5.91 Å². The topological polar surface area (TPSA) is 71.5 Å². The molecule has 29 heavy (non-hydrogen) atoms. The molecule has 1 saturated heterocycles. The van der Waals surface area contributed by atoms with Gasteiger partial charge in [-0.1, -0.05) is 24.3 Å². The maximum absolute atomic E-state index is 12.6. The second-order valence-electron chi connectivity index (χ2n) is 6.76. The molecular weight excluding hydrogens is 406 g/mol. The first kappa shape index (κ1) is 19.6. The van der Waals surface area contributed by atoms with Gasteiger partial charge in [-0.15, -0.1) is 22.7 Å². The number of carbonyl (C=O) groups excluding carboxylic acids is 2. The molecule has 1 aromatic carbocycles. The minimum Gasteiger partial charge on any atom is -0.484 e. The molecule has 0 spiro atoms. The average molecular weight is 428 g/mol. The van der Waals surface area contributed by atoms with Crippen LogP contribution in [0.2, 0.25) is 0 Å². The predicted octanol–water partition coefficient (Wildman–Crippen LogP) is 4.13. The highest BCUT2D eigenvalue weighted by molar-refractivity contribution is 7.16. The summed E-state index contributed by atoms with van der Waals surface area (Å²) >= 11 is 3.06. The van der Waals surface area contributed by atoms with E-state index in [4.69, 9.17) is 4.74 Å². The number of nitrogens with zero attached hydrogens (tertiary/aromatic N) is 2. The molecule has 150 valence electrons. The smallest absolute Gasteiger partial charge is 0.260 e. The molecule has 4 rings (SSSR count). The number of hydrogen-bond acceptors (Lipinski definition) is 6. The molecule has 1 aliphatic rings. The Kier molecular flexibility index (Phi) is 6.21. The van der Waals surface area contributed by atoms with Gasteiger partial charge in [-0.3, -0.25) is 9.59 Å². The number of thiophene rings is 1. The Hall–Kier alpha value is -2.71. The molecule has 2 amide bonds. The van der Waals surface area contributed by atoms with Crippen molar-refractivity contribution < 1.29 is 14.3 Å². The zero-order valence-corrected chi connectivity index (χ0v) is 17.4. The summed E-state index contributed by atoms with van der Waals surface area (Å²) in [5.74, 6) is 0.501. The summed E-state index contributed by atoms with van der Waals surface area (Å²) in [5, 5.41) is 7.51. The molecule has 0 aliphatic carbocycles. The van der Waals surface area contributed by atoms with E-state index in [2.05, 4.69) is 10.3 Å². The molecule has 0 unspecified atom stereocenters. The van der Waals surface area contributed by atoms with Crippen molar-refractivity contribution in [1.29, 1.82) is 0 Å². The van der Waals surface area contributed by atoms with Gasteiger partial charge in [0.1, 0.15) is 5.75 Å². The van der Waals surface area contributed by atoms with Crippen LogP contribution in [0.15, 0.2) is 53.2 Å². The van der Waals surface area contributed by atoms with Crippen LogP contribution in [-0.4, -0.2) is 41.4 Å². The predicted molar refractivity (Wildman–Crippen MR) is 115 cm³/mol. The Labute approximate surface area is 177 Å². The minimum absolute atomic E-state index is 0.0193. The first-order chi connectivity index (χ1) is 14.2. The van der Waals surface area contributed by atoms with Crippen molar-refractivity contribution in [3.63, 3.8) is 0 Å². The fourth-order valence-corrected chi connectivity index (χ4v) is 4.69. The summed E-state index contributed by atoms with van der Waals surface area (Å²) in [4.78, 5) is 32.3. The van der Waals surface area contributed by atoms with Crippen LogP contribution in [0.1, 0.15) is 12.8 Å². The van der Waals surface area contributed by atoms with Crippen LogP contribution < -0.4 is 10.1 Å². The monoisotopic (exact) mass is 427 g/mol. The normalized spacial score (nSPS) is 14.6. The number of carbonyl (C=O) groups is 2. The van der Waals surface area contributed by atoms with Crippen LogP contribution in [0.5, 0.6) is 5.75 Å². The van der Waals surface area contributed by atoms with Gasteiger partial charge in [-0.2, -0.15) is 0 Å². The van der Waals surface area contributed by atoms with Crippen molar-refractivity contribution >= 4 is 39.6 Å². The molecule has 0 atom stereocenters. The summed E-state index contributed by atoms with van der Waals surface area (Å²) in [6, 6.07) is 13.3. The van der Waals surface area contributed by atoms with Crippen LogP contribution in [-0.2, 0) is 9.59 Å². The van der Waals surface area contributed by atoms with Gasteiger partial charge >= 0.3 is 0 Å². The lowest BCUT2D eigenvalue weighted by Crippen LogP contribution is -2.43. The van der Waals surface area contributed by atoms with Gasteiger partial charge in [-0.05, 0) is 36.4 Å². The number of piperidine rings is 1. The van der Waals surface area contributed by atoms with E-state index in [1.807, 2.05) is 53.2 Å². The van der Waals surface area contributed by atoms with Gasteiger partial charge in [0, 0.05) is 24.4 Å². The molecule has 0 radical (unpaired) electrons. The van der Waals surface area contributed by atoms with Crippen molar-refractivity contribution in [2.75, 3.05) is 25.0 Å². The number of thiazole rings is 1. The van der Waals surface area contributed by atoms with E-state index in [1.54, 1.807) is 16.2 Å². The molecule has 8 heteroatoms. The standard InChI is InChI=1S/C21H21N3O3S2/c25-19(13-27-16-5-2-1-3-6-16)24-10-8-15(9-11-24)20(26)23-21-22-17(14-29-21)18-7-4-12-28-18/h1-7,12,14-15H,8-11,13H2,(H,22,23,26). The Morgan fingerprint density at radius 2 is 1.90 bits per heavy atom. The molecule has 6 nitrogen and oxygen atoms in total. The summed E-state index contributed by atoms with van der Waals surface area (Å²) in [5.41, 5.74) is 0.888. The van der Waals surface area contributed by atoms with Crippen LogP contribution in [0.3, 0.4) is 0 Å². The second-order valence-corrected chi connectivity index (χ2v) is 8.57. The Morgan fingerprint density at radius 1 is 1.10 bits per heavy atom. The minimum atomic E-state index is -0.108. The SMILES string of the molecule is O=C(Nc1nc(-c2cccs2)cs1)C1CCN(C(=O)COc2ccccc2)CC1. The van der Waals surface area contributed by atoms with Gasteiger partial charge < -0.3 is 15.0 Å². The Morgan fingerprint density at radius 3 is 2.62 bits per heavy atom. The molecule has 0 bridgehead atoms. The second kappa shape index (κ2) is 9.19. The van der Waals surface area contributed by atoms with E-state index in [-0.39, 0.29) is 24.3 Å². The van der Waals surface area contributed by atoms with Crippen molar-refractivity contribution in [2.24, 2.45) is 5.92 Å². The molecular formula is C21H21N3O3S2. The van der Waals surface area contributed by atoms with Crippen molar-refractivity contribution in [1.82, 2.24) is 9.88 Å². The lowest BCUT2D eigenvalue weighted by Gasteiger charge is -2.31. The number of likely N-dealkylation sites (tertiary alicyclic amines) is 1. The van der Waals surface area contributed by atoms with Crippen LogP contribution in [0.4, 0.5) is 5.13 Å². The van der Waals surface area contributed by atoms with Gasteiger partial charge in [0.15, 0.2) is 11.7 Å². The first-order valence-corrected chi connectivity index (χ1v) is 11.2. The van der Waals surface area contributed by atoms with Gasteiger partial charge in [-0.25, -0.2) is 4.98 Å². The highest BCUT2D eigenvalue weighted by Crippen LogP contribution is 2.29. The summed E-state index contributed by atoms with van der Waals surface area (Å²) < 4.78 is 5.53. The van der Waals surface area contributed by atoms with Crippen LogP contribution in [0, 0.1) is 5.92 Å². The van der Waals surface area contributed by atoms with Crippen molar-refractivity contribution in [3.05, 3.63) is 53.2 Å². The molecule has 0 saturated carbocycles. The van der Waals surface area contributed by atoms with Crippen molar-refractivity contribution in [2.45, 2.75) is 12.8 Å². The lowest BCUT2D eigenvalue weighted by atomic mass is 9.96. The first-order valence-electron chi connectivity index (χ1n) is 9.45. The molecule has 3 heterocycles. The highest BCUT2D eigenvalue weighted by Gasteiger charge is 2.28. The van der Waals surface area contributed by atoms with Gasteiger partial charge in [0.05, 0.1) is 10.6 Å². The third-order valence-electron chi connectivity index (χ3n) is 4.83. The molecule has 1 fully saturated rings. The molecule has 3 aromatic rings. The number of benzene rings is 1. The quantitative estimate of drug-likeness (QED) is 0.642. The largest absolute Gasteiger partial charge is 0.484 e. The van der Waals surface area contributed by atoms with Crippen LogP contribution in [0.25, 0.3) is 10.6 Å². The summed E-state index contributed by atoms with van der Waals surface area (Å²) in [7, 11) is 0. The van der Waals surface area contributed by atoms with E-state index in [9.17, 15) is 9.59 Å². The third kappa shape index (κ3) is 5.02. The van der Waals surface area contributed by atoms with E-state index < -0.39 is 0 Å². The fourth-order valence-electron chi connectivity index (χ4n) is 3.22. The lowest BCUT2D eigenvalue weighted by molar-refractivity contribution is -0.136. The highest BCUT2D eigenvalue weighted by atomic mass is 32.1. The maximum Gasteiger partial charge on any atom is 0.260 e. The fraction of sp³-hybridized carbons (Fsp3) is 0.286. The zero-order valence-electron chi connectivity index (χ0n) is 15.7. The molecule has 2 aromatic heterocycles.